The summed E-state index contributed by atoms with van der Waals surface area (Å²) in [7, 11) is -1.26. The highest BCUT2D eigenvalue weighted by atomic mass is 32.2. The Morgan fingerprint density at radius 2 is 1.86 bits per heavy atom. The summed E-state index contributed by atoms with van der Waals surface area (Å²) in [6, 6.07) is 11.3. The molecular weight excluding hydrogens is 470 g/mol. The zero-order valence-electron chi connectivity index (χ0n) is 21.4. The second-order valence-corrected chi connectivity index (χ2v) is 12.4. The van der Waals surface area contributed by atoms with Gasteiger partial charge in [-0.25, -0.2) is 8.42 Å². The number of aromatic nitrogens is 1. The Kier molecular flexibility index (Phi) is 6.47. The van der Waals surface area contributed by atoms with Gasteiger partial charge in [0.25, 0.3) is 5.91 Å². The molecule has 1 aromatic heterocycles. The van der Waals surface area contributed by atoms with E-state index < -0.39 is 9.84 Å². The molecule has 0 bridgehead atoms. The van der Waals surface area contributed by atoms with Crippen LogP contribution in [0.1, 0.15) is 52.5 Å². The lowest BCUT2D eigenvalue weighted by Gasteiger charge is -2.29. The van der Waals surface area contributed by atoms with Crippen molar-refractivity contribution in [1.82, 2.24) is 15.2 Å². The minimum atomic E-state index is -3.36. The molecule has 5 rings (SSSR count). The molecule has 3 aromatic rings. The predicted molar refractivity (Wildman–Crippen MR) is 143 cm³/mol. The van der Waals surface area contributed by atoms with Gasteiger partial charge in [-0.15, -0.1) is 0 Å². The van der Waals surface area contributed by atoms with Crippen molar-refractivity contribution in [3.63, 3.8) is 0 Å². The number of benzene rings is 2. The first-order chi connectivity index (χ1) is 17.2. The largest absolute Gasteiger partial charge is 0.349 e. The molecule has 36 heavy (non-hydrogen) atoms. The van der Waals surface area contributed by atoms with Crippen LogP contribution < -0.4 is 5.32 Å². The Morgan fingerprint density at radius 1 is 1.11 bits per heavy atom. The van der Waals surface area contributed by atoms with E-state index in [2.05, 4.69) is 23.3 Å². The first-order valence-electron chi connectivity index (χ1n) is 12.6. The number of carbonyl (C=O) groups excluding carboxylic acids is 1. The molecule has 1 aliphatic carbocycles. The summed E-state index contributed by atoms with van der Waals surface area (Å²) in [5.41, 5.74) is 8.56. The SMILES string of the molecule is CCS(=O)(=O)c1cccc(-c2cc(C(=O)NC3CCN(C)CC3)c(C)c3c2-c2cc(C)cnc2C3)c1. The summed E-state index contributed by atoms with van der Waals surface area (Å²) in [5, 5.41) is 3.26. The molecule has 0 spiro atoms. The fourth-order valence-corrected chi connectivity index (χ4v) is 6.32. The lowest BCUT2D eigenvalue weighted by atomic mass is 9.88. The normalized spacial score (nSPS) is 16.0. The second kappa shape index (κ2) is 9.45. The Hall–Kier alpha value is -3.03. The van der Waals surface area contributed by atoms with Crippen molar-refractivity contribution in [2.75, 3.05) is 25.9 Å². The molecule has 0 unspecified atom stereocenters. The third-order valence-electron chi connectivity index (χ3n) is 7.62. The Morgan fingerprint density at radius 3 is 2.58 bits per heavy atom. The number of carbonyl (C=O) groups is 1. The molecule has 1 N–H and O–H groups in total. The molecule has 7 heteroatoms. The Labute approximate surface area is 213 Å². The number of pyridine rings is 1. The third kappa shape index (κ3) is 4.46. The van der Waals surface area contributed by atoms with Crippen LogP contribution in [0.4, 0.5) is 0 Å². The number of likely N-dealkylation sites (tertiary alicyclic amines) is 1. The molecule has 2 aromatic carbocycles. The van der Waals surface area contributed by atoms with Gasteiger partial charge in [0.15, 0.2) is 9.84 Å². The van der Waals surface area contributed by atoms with E-state index in [-0.39, 0.29) is 17.7 Å². The molecule has 1 aliphatic heterocycles. The van der Waals surface area contributed by atoms with E-state index in [0.717, 1.165) is 70.6 Å². The maximum Gasteiger partial charge on any atom is 0.251 e. The van der Waals surface area contributed by atoms with E-state index >= 15 is 0 Å². The number of amides is 1. The first-order valence-corrected chi connectivity index (χ1v) is 14.3. The summed E-state index contributed by atoms with van der Waals surface area (Å²) in [5.74, 6) is -0.0259. The van der Waals surface area contributed by atoms with Gasteiger partial charge in [0.05, 0.1) is 16.3 Å². The number of aryl methyl sites for hydroxylation is 1. The van der Waals surface area contributed by atoms with Gasteiger partial charge < -0.3 is 10.2 Å². The van der Waals surface area contributed by atoms with Gasteiger partial charge in [0, 0.05) is 29.8 Å². The molecule has 2 aliphatic rings. The van der Waals surface area contributed by atoms with Gasteiger partial charge >= 0.3 is 0 Å². The lowest BCUT2D eigenvalue weighted by molar-refractivity contribution is 0.0916. The van der Waals surface area contributed by atoms with E-state index in [1.807, 2.05) is 32.2 Å². The molecule has 0 saturated carbocycles. The van der Waals surface area contributed by atoms with Crippen LogP contribution in [0.5, 0.6) is 0 Å². The zero-order valence-corrected chi connectivity index (χ0v) is 22.2. The van der Waals surface area contributed by atoms with Crippen LogP contribution in [0.3, 0.4) is 0 Å². The highest BCUT2D eigenvalue weighted by Gasteiger charge is 2.29. The third-order valence-corrected chi connectivity index (χ3v) is 9.35. The van der Waals surface area contributed by atoms with Crippen molar-refractivity contribution in [2.24, 2.45) is 0 Å². The van der Waals surface area contributed by atoms with Crippen molar-refractivity contribution >= 4 is 15.7 Å². The molecule has 2 heterocycles. The Balaban J connectivity index is 1.65. The van der Waals surface area contributed by atoms with E-state index in [1.165, 1.54) is 0 Å². The van der Waals surface area contributed by atoms with Crippen LogP contribution in [0.15, 0.2) is 47.5 Å². The first kappa shape index (κ1) is 24.7. The van der Waals surface area contributed by atoms with E-state index in [1.54, 1.807) is 25.1 Å². The van der Waals surface area contributed by atoms with E-state index in [9.17, 15) is 13.2 Å². The fourth-order valence-electron chi connectivity index (χ4n) is 5.39. The maximum absolute atomic E-state index is 13.6. The van der Waals surface area contributed by atoms with Gasteiger partial charge in [-0.1, -0.05) is 19.1 Å². The highest BCUT2D eigenvalue weighted by Crippen LogP contribution is 2.45. The average Bonchev–Trinajstić information content (AvgIpc) is 3.25. The number of piperidine rings is 1. The summed E-state index contributed by atoms with van der Waals surface area (Å²) in [4.78, 5) is 20.8. The smallest absolute Gasteiger partial charge is 0.251 e. The summed E-state index contributed by atoms with van der Waals surface area (Å²) in [6.45, 7) is 7.64. The standard InChI is InChI=1S/C29H33N3O3S/c1-5-36(34,35)22-8-6-7-20(14-22)25-15-24(29(33)31-21-9-11-32(4)12-10-21)19(3)23-16-27-26(28(23)25)13-18(2)17-30-27/h6-8,13-15,17,21H,5,9-12,16H2,1-4H3,(H,31,33). The van der Waals surface area contributed by atoms with Gasteiger partial charge in [-0.3, -0.25) is 9.78 Å². The summed E-state index contributed by atoms with van der Waals surface area (Å²) >= 11 is 0. The van der Waals surface area contributed by atoms with E-state index in [0.29, 0.717) is 16.9 Å². The van der Waals surface area contributed by atoms with Crippen molar-refractivity contribution < 1.29 is 13.2 Å². The van der Waals surface area contributed by atoms with E-state index in [4.69, 9.17) is 4.98 Å². The molecule has 0 atom stereocenters. The minimum Gasteiger partial charge on any atom is -0.349 e. The maximum atomic E-state index is 13.6. The number of rotatable bonds is 5. The topological polar surface area (TPSA) is 79.4 Å². The summed E-state index contributed by atoms with van der Waals surface area (Å²) < 4.78 is 25.3. The number of nitrogens with zero attached hydrogens (tertiary/aromatic N) is 2. The minimum absolute atomic E-state index is 0.0403. The van der Waals surface area contributed by atoms with Crippen LogP contribution in [0.2, 0.25) is 0 Å². The number of fused-ring (bicyclic) bond motifs is 3. The van der Waals surface area contributed by atoms with Gasteiger partial charge in [0.2, 0.25) is 0 Å². The molecule has 0 radical (unpaired) electrons. The predicted octanol–water partition coefficient (Wildman–Crippen LogP) is 4.55. The van der Waals surface area contributed by atoms with Crippen molar-refractivity contribution in [3.8, 4) is 22.3 Å². The van der Waals surface area contributed by atoms with Crippen molar-refractivity contribution in [3.05, 3.63) is 70.5 Å². The molecule has 1 saturated heterocycles. The van der Waals surface area contributed by atoms with Crippen LogP contribution >= 0.6 is 0 Å². The van der Waals surface area contributed by atoms with Crippen LogP contribution in [0, 0.1) is 13.8 Å². The summed E-state index contributed by atoms with van der Waals surface area (Å²) in [6.07, 6.45) is 4.41. The fraction of sp³-hybridized carbons (Fsp3) is 0.379. The molecule has 6 nitrogen and oxygen atoms in total. The molecule has 1 amide bonds. The van der Waals surface area contributed by atoms with Crippen LogP contribution in [-0.4, -0.2) is 56.1 Å². The van der Waals surface area contributed by atoms with Crippen LogP contribution in [0.25, 0.3) is 22.3 Å². The number of hydrogen-bond acceptors (Lipinski definition) is 5. The number of nitrogens with one attached hydrogen (secondary N) is 1. The number of sulfone groups is 1. The highest BCUT2D eigenvalue weighted by molar-refractivity contribution is 7.91. The van der Waals surface area contributed by atoms with Crippen molar-refractivity contribution in [1.29, 1.82) is 0 Å². The molecule has 188 valence electrons. The average molecular weight is 504 g/mol. The quantitative estimate of drug-likeness (QED) is 0.432. The lowest BCUT2D eigenvalue weighted by Crippen LogP contribution is -2.43. The zero-order chi connectivity index (χ0) is 25.6. The second-order valence-electron chi connectivity index (χ2n) is 10.1. The molecule has 1 fully saturated rings. The van der Waals surface area contributed by atoms with Gasteiger partial charge in [-0.05, 0) is 104 Å². The van der Waals surface area contributed by atoms with Gasteiger partial charge in [0.1, 0.15) is 0 Å². The van der Waals surface area contributed by atoms with Crippen molar-refractivity contribution in [2.45, 2.75) is 51.0 Å². The Bertz CT molecular complexity index is 1450. The monoisotopic (exact) mass is 503 g/mol. The van der Waals surface area contributed by atoms with Gasteiger partial charge in [-0.2, -0.15) is 0 Å². The number of hydrogen-bond donors (Lipinski definition) is 1. The van der Waals surface area contributed by atoms with Crippen LogP contribution in [-0.2, 0) is 16.3 Å². The molecular formula is C29H33N3O3S.